The first kappa shape index (κ1) is 16.4. The van der Waals surface area contributed by atoms with Crippen LogP contribution in [0.4, 0.5) is 0 Å². The molecular weight excluding hydrogens is 240 g/mol. The molecule has 112 valence electrons. The predicted molar refractivity (Wildman–Crippen MR) is 78.1 cm³/mol. The normalized spacial score (nSPS) is 20.3. The molecule has 0 aromatic rings. The molecule has 2 unspecified atom stereocenters. The highest BCUT2D eigenvalue weighted by molar-refractivity contribution is 5.78. The largest absolute Gasteiger partial charge is 0.379 e. The zero-order valence-electron chi connectivity index (χ0n) is 12.9. The maximum Gasteiger partial charge on any atom is 0.222 e. The van der Waals surface area contributed by atoms with Crippen molar-refractivity contribution in [2.75, 3.05) is 32.8 Å². The molecule has 0 aromatic heterocycles. The zero-order chi connectivity index (χ0) is 14.3. The topological polar surface area (TPSA) is 41.6 Å². The second-order valence-electron chi connectivity index (χ2n) is 5.99. The molecular formula is C15H30N2O2. The van der Waals surface area contributed by atoms with Crippen LogP contribution < -0.4 is 5.32 Å². The molecule has 19 heavy (non-hydrogen) atoms. The van der Waals surface area contributed by atoms with Gasteiger partial charge in [0.25, 0.3) is 0 Å². The highest BCUT2D eigenvalue weighted by Crippen LogP contribution is 2.13. The minimum Gasteiger partial charge on any atom is -0.379 e. The summed E-state index contributed by atoms with van der Waals surface area (Å²) in [4.78, 5) is 14.4. The molecule has 0 bridgehead atoms. The quantitative estimate of drug-likeness (QED) is 0.768. The van der Waals surface area contributed by atoms with Crippen LogP contribution in [0.1, 0.15) is 40.5 Å². The number of carbonyl (C=O) groups excluding carboxylic acids is 1. The third-order valence-electron chi connectivity index (χ3n) is 3.88. The van der Waals surface area contributed by atoms with E-state index < -0.39 is 0 Å². The van der Waals surface area contributed by atoms with E-state index in [-0.39, 0.29) is 11.8 Å². The first-order valence-corrected chi connectivity index (χ1v) is 7.64. The summed E-state index contributed by atoms with van der Waals surface area (Å²) >= 11 is 0. The van der Waals surface area contributed by atoms with E-state index >= 15 is 0 Å². The van der Waals surface area contributed by atoms with Crippen molar-refractivity contribution in [3.63, 3.8) is 0 Å². The van der Waals surface area contributed by atoms with Gasteiger partial charge in [-0.05, 0) is 18.8 Å². The molecule has 0 aliphatic carbocycles. The Bertz CT molecular complexity index is 263. The summed E-state index contributed by atoms with van der Waals surface area (Å²) in [6.07, 6.45) is 2.03. The van der Waals surface area contributed by atoms with Gasteiger partial charge in [0.05, 0.1) is 13.2 Å². The number of morpholine rings is 1. The zero-order valence-corrected chi connectivity index (χ0v) is 12.9. The third kappa shape index (κ3) is 5.91. The molecule has 4 nitrogen and oxygen atoms in total. The van der Waals surface area contributed by atoms with E-state index in [0.717, 1.165) is 45.7 Å². The molecule has 1 aliphatic heterocycles. The summed E-state index contributed by atoms with van der Waals surface area (Å²) in [7, 11) is 0. The van der Waals surface area contributed by atoms with Gasteiger partial charge in [0.2, 0.25) is 5.91 Å². The van der Waals surface area contributed by atoms with E-state index in [9.17, 15) is 4.79 Å². The molecule has 2 atom stereocenters. The van der Waals surface area contributed by atoms with Crippen LogP contribution in [0, 0.1) is 11.8 Å². The molecule has 1 fully saturated rings. The van der Waals surface area contributed by atoms with Crippen LogP contribution in [-0.4, -0.2) is 49.7 Å². The number of hydrogen-bond acceptors (Lipinski definition) is 3. The van der Waals surface area contributed by atoms with Gasteiger partial charge in [-0.1, -0.05) is 27.7 Å². The Morgan fingerprint density at radius 3 is 2.42 bits per heavy atom. The predicted octanol–water partition coefficient (Wildman–Crippen LogP) is 1.90. The number of rotatable bonds is 7. The third-order valence-corrected chi connectivity index (χ3v) is 3.88. The number of nitrogens with one attached hydrogen (secondary N) is 1. The fourth-order valence-electron chi connectivity index (χ4n) is 2.43. The number of hydrogen-bond donors (Lipinski definition) is 1. The molecule has 1 rings (SSSR count). The van der Waals surface area contributed by atoms with Gasteiger partial charge in [-0.15, -0.1) is 0 Å². The second-order valence-corrected chi connectivity index (χ2v) is 5.99. The molecule has 1 aliphatic rings. The fourth-order valence-corrected chi connectivity index (χ4v) is 2.43. The number of nitrogens with zero attached hydrogens (tertiary/aromatic N) is 1. The summed E-state index contributed by atoms with van der Waals surface area (Å²) in [6.45, 7) is 12.9. The van der Waals surface area contributed by atoms with E-state index in [4.69, 9.17) is 4.74 Å². The van der Waals surface area contributed by atoms with E-state index in [0.29, 0.717) is 12.0 Å². The van der Waals surface area contributed by atoms with E-state index in [1.807, 2.05) is 6.92 Å². The molecule has 0 radical (unpaired) electrons. The molecule has 0 spiro atoms. The molecule has 1 saturated heterocycles. The Balaban J connectivity index is 2.46. The van der Waals surface area contributed by atoms with Crippen LogP contribution in [0.3, 0.4) is 0 Å². The molecule has 1 amide bonds. The van der Waals surface area contributed by atoms with Crippen molar-refractivity contribution in [3.8, 4) is 0 Å². The van der Waals surface area contributed by atoms with Crippen molar-refractivity contribution in [2.45, 2.75) is 46.6 Å². The van der Waals surface area contributed by atoms with Gasteiger partial charge in [-0.25, -0.2) is 0 Å². The molecule has 1 heterocycles. The van der Waals surface area contributed by atoms with Gasteiger partial charge in [-0.2, -0.15) is 0 Å². The van der Waals surface area contributed by atoms with Crippen molar-refractivity contribution in [2.24, 2.45) is 11.8 Å². The van der Waals surface area contributed by atoms with Gasteiger partial charge in [-0.3, -0.25) is 9.69 Å². The summed E-state index contributed by atoms with van der Waals surface area (Å²) in [6, 6.07) is 0.442. The molecule has 0 aromatic carbocycles. The fraction of sp³-hybridized carbons (Fsp3) is 0.933. The van der Waals surface area contributed by atoms with E-state index in [2.05, 4.69) is 31.0 Å². The first-order chi connectivity index (χ1) is 9.04. The van der Waals surface area contributed by atoms with Crippen LogP contribution >= 0.6 is 0 Å². The average molecular weight is 270 g/mol. The highest BCUT2D eigenvalue weighted by Gasteiger charge is 2.23. The minimum absolute atomic E-state index is 0.115. The lowest BCUT2D eigenvalue weighted by Gasteiger charge is -2.35. The van der Waals surface area contributed by atoms with Crippen molar-refractivity contribution in [1.29, 1.82) is 0 Å². The SMILES string of the molecule is CCC(C)C(=O)NCC(CC(C)C)N1CCOCC1. The summed E-state index contributed by atoms with van der Waals surface area (Å²) in [5, 5.41) is 3.11. The van der Waals surface area contributed by atoms with E-state index in [1.165, 1.54) is 0 Å². The lowest BCUT2D eigenvalue weighted by Crippen LogP contribution is -2.49. The number of amides is 1. The number of ether oxygens (including phenoxy) is 1. The van der Waals surface area contributed by atoms with Gasteiger partial charge in [0.15, 0.2) is 0 Å². The Hall–Kier alpha value is -0.610. The van der Waals surface area contributed by atoms with Gasteiger partial charge in [0.1, 0.15) is 0 Å². The van der Waals surface area contributed by atoms with Crippen LogP contribution in [0.15, 0.2) is 0 Å². The smallest absolute Gasteiger partial charge is 0.222 e. The minimum atomic E-state index is 0.115. The lowest BCUT2D eigenvalue weighted by molar-refractivity contribution is -0.125. The highest BCUT2D eigenvalue weighted by atomic mass is 16.5. The maximum absolute atomic E-state index is 11.9. The molecule has 4 heteroatoms. The van der Waals surface area contributed by atoms with Crippen molar-refractivity contribution in [1.82, 2.24) is 10.2 Å². The van der Waals surface area contributed by atoms with Gasteiger partial charge >= 0.3 is 0 Å². The Kier molecular flexibility index (Phi) is 7.39. The monoisotopic (exact) mass is 270 g/mol. The van der Waals surface area contributed by atoms with Crippen LogP contribution in [-0.2, 0) is 9.53 Å². The summed E-state index contributed by atoms with van der Waals surface area (Å²) in [5.41, 5.74) is 0. The average Bonchev–Trinajstić information content (AvgIpc) is 2.42. The van der Waals surface area contributed by atoms with Crippen molar-refractivity contribution < 1.29 is 9.53 Å². The first-order valence-electron chi connectivity index (χ1n) is 7.64. The molecule has 0 saturated carbocycles. The Labute approximate surface area is 117 Å². The second kappa shape index (κ2) is 8.54. The van der Waals surface area contributed by atoms with Crippen LogP contribution in [0.2, 0.25) is 0 Å². The molecule has 1 N–H and O–H groups in total. The maximum atomic E-state index is 11.9. The standard InChI is InChI=1S/C15H30N2O2/c1-5-13(4)15(18)16-11-14(10-12(2)3)17-6-8-19-9-7-17/h12-14H,5-11H2,1-4H3,(H,16,18). The Morgan fingerprint density at radius 2 is 1.89 bits per heavy atom. The lowest BCUT2D eigenvalue weighted by atomic mass is 10.0. The van der Waals surface area contributed by atoms with Gasteiger partial charge < -0.3 is 10.1 Å². The van der Waals surface area contributed by atoms with Crippen LogP contribution in [0.5, 0.6) is 0 Å². The Morgan fingerprint density at radius 1 is 1.26 bits per heavy atom. The van der Waals surface area contributed by atoms with Crippen LogP contribution in [0.25, 0.3) is 0 Å². The summed E-state index contributed by atoms with van der Waals surface area (Å²) < 4.78 is 5.41. The summed E-state index contributed by atoms with van der Waals surface area (Å²) in [5.74, 6) is 0.947. The van der Waals surface area contributed by atoms with E-state index in [1.54, 1.807) is 0 Å². The van der Waals surface area contributed by atoms with Gasteiger partial charge in [0, 0.05) is 31.6 Å². The number of carbonyl (C=O) groups is 1. The van der Waals surface area contributed by atoms with Crippen molar-refractivity contribution in [3.05, 3.63) is 0 Å². The van der Waals surface area contributed by atoms with Crippen molar-refractivity contribution >= 4 is 5.91 Å².